The van der Waals surface area contributed by atoms with E-state index in [1.807, 2.05) is 6.20 Å². The third-order valence-electron chi connectivity index (χ3n) is 3.26. The number of aromatic nitrogens is 1. The molecule has 2 nitrogen and oxygen atoms in total. The molecule has 0 spiro atoms. The van der Waals surface area contributed by atoms with Gasteiger partial charge in [-0.05, 0) is 43.2 Å². The smallest absolute Gasteiger partial charge is 0.125 e. The van der Waals surface area contributed by atoms with Gasteiger partial charge in [0.25, 0.3) is 0 Å². The number of anilines is 1. The molecule has 0 aromatic carbocycles. The molecule has 1 aromatic heterocycles. The maximum atomic E-state index is 4.33. The molecule has 0 radical (unpaired) electrons. The first kappa shape index (κ1) is 9.50. The Balaban J connectivity index is 1.89. The molecule has 1 N–H and O–H groups in total. The van der Waals surface area contributed by atoms with Gasteiger partial charge in [-0.15, -0.1) is 0 Å². The SMILES string of the molecule is CCC1(CNc2ccc(C)cn2)CC1. The van der Waals surface area contributed by atoms with E-state index in [0.29, 0.717) is 5.41 Å². The summed E-state index contributed by atoms with van der Waals surface area (Å²) >= 11 is 0. The van der Waals surface area contributed by atoms with Gasteiger partial charge in [0.05, 0.1) is 0 Å². The highest BCUT2D eigenvalue weighted by molar-refractivity contribution is 5.35. The van der Waals surface area contributed by atoms with Crippen molar-refractivity contribution < 1.29 is 0 Å². The largest absolute Gasteiger partial charge is 0.370 e. The van der Waals surface area contributed by atoms with Crippen LogP contribution in [0, 0.1) is 12.3 Å². The minimum absolute atomic E-state index is 0.590. The lowest BCUT2D eigenvalue weighted by molar-refractivity contribution is 0.521. The lowest BCUT2D eigenvalue weighted by atomic mass is 10.0. The van der Waals surface area contributed by atoms with Crippen LogP contribution in [0.2, 0.25) is 0 Å². The van der Waals surface area contributed by atoms with Crippen LogP contribution in [-0.2, 0) is 0 Å². The van der Waals surface area contributed by atoms with Crippen LogP contribution in [0.5, 0.6) is 0 Å². The first-order valence-corrected chi connectivity index (χ1v) is 5.41. The lowest BCUT2D eigenvalue weighted by Crippen LogP contribution is -2.14. The highest BCUT2D eigenvalue weighted by Gasteiger charge is 2.40. The molecule has 14 heavy (non-hydrogen) atoms. The minimum atomic E-state index is 0.590. The van der Waals surface area contributed by atoms with Crippen molar-refractivity contribution in [2.75, 3.05) is 11.9 Å². The normalized spacial score (nSPS) is 17.9. The second-order valence-corrected chi connectivity index (χ2v) is 4.43. The maximum Gasteiger partial charge on any atom is 0.125 e. The molecule has 0 bridgehead atoms. The molecular formula is C12H18N2. The predicted molar refractivity (Wildman–Crippen MR) is 59.4 cm³/mol. The van der Waals surface area contributed by atoms with Crippen LogP contribution in [0.4, 0.5) is 5.82 Å². The van der Waals surface area contributed by atoms with Gasteiger partial charge in [0.15, 0.2) is 0 Å². The molecule has 0 unspecified atom stereocenters. The summed E-state index contributed by atoms with van der Waals surface area (Å²) in [6, 6.07) is 4.15. The van der Waals surface area contributed by atoms with Crippen LogP contribution >= 0.6 is 0 Å². The number of pyridine rings is 1. The summed E-state index contributed by atoms with van der Waals surface area (Å²) in [5.74, 6) is 1.01. The highest BCUT2D eigenvalue weighted by Crippen LogP contribution is 2.48. The summed E-state index contributed by atoms with van der Waals surface area (Å²) in [6.45, 7) is 5.42. The van der Waals surface area contributed by atoms with Crippen molar-refractivity contribution in [1.82, 2.24) is 4.98 Å². The number of aryl methyl sites for hydroxylation is 1. The van der Waals surface area contributed by atoms with E-state index >= 15 is 0 Å². The van der Waals surface area contributed by atoms with E-state index in [1.54, 1.807) is 0 Å². The highest BCUT2D eigenvalue weighted by atomic mass is 15.0. The minimum Gasteiger partial charge on any atom is -0.370 e. The number of nitrogens with one attached hydrogen (secondary N) is 1. The molecule has 0 aliphatic heterocycles. The molecule has 1 saturated carbocycles. The fourth-order valence-corrected chi connectivity index (χ4v) is 1.68. The zero-order chi connectivity index (χ0) is 10.0. The van der Waals surface area contributed by atoms with E-state index in [-0.39, 0.29) is 0 Å². The van der Waals surface area contributed by atoms with Crippen molar-refractivity contribution in [3.8, 4) is 0 Å². The number of hydrogen-bond acceptors (Lipinski definition) is 2. The van der Waals surface area contributed by atoms with Crippen LogP contribution in [0.1, 0.15) is 31.7 Å². The van der Waals surface area contributed by atoms with E-state index in [9.17, 15) is 0 Å². The van der Waals surface area contributed by atoms with Crippen LogP contribution in [-0.4, -0.2) is 11.5 Å². The van der Waals surface area contributed by atoms with Gasteiger partial charge < -0.3 is 5.32 Å². The molecule has 0 amide bonds. The van der Waals surface area contributed by atoms with Gasteiger partial charge in [0, 0.05) is 12.7 Å². The van der Waals surface area contributed by atoms with Gasteiger partial charge >= 0.3 is 0 Å². The second kappa shape index (κ2) is 3.60. The predicted octanol–water partition coefficient (Wildman–Crippen LogP) is 2.99. The summed E-state index contributed by atoms with van der Waals surface area (Å²) in [5, 5.41) is 3.41. The molecule has 0 atom stereocenters. The van der Waals surface area contributed by atoms with Crippen molar-refractivity contribution in [3.63, 3.8) is 0 Å². The van der Waals surface area contributed by atoms with Gasteiger partial charge in [-0.3, -0.25) is 0 Å². The van der Waals surface area contributed by atoms with Crippen molar-refractivity contribution in [3.05, 3.63) is 23.9 Å². The van der Waals surface area contributed by atoms with Gasteiger partial charge in [0.1, 0.15) is 5.82 Å². The quantitative estimate of drug-likeness (QED) is 0.789. The zero-order valence-electron chi connectivity index (χ0n) is 9.01. The van der Waals surface area contributed by atoms with Crippen molar-refractivity contribution in [2.24, 2.45) is 5.41 Å². The number of nitrogens with zero attached hydrogens (tertiary/aromatic N) is 1. The Bertz CT molecular complexity index is 299. The van der Waals surface area contributed by atoms with E-state index in [0.717, 1.165) is 12.4 Å². The fraction of sp³-hybridized carbons (Fsp3) is 0.583. The van der Waals surface area contributed by atoms with Crippen molar-refractivity contribution in [1.29, 1.82) is 0 Å². The van der Waals surface area contributed by atoms with E-state index in [2.05, 4.69) is 36.3 Å². The molecule has 1 aliphatic carbocycles. The standard InChI is InChI=1S/C12H18N2/c1-3-12(6-7-12)9-14-11-5-4-10(2)8-13-11/h4-5,8H,3,6-7,9H2,1-2H3,(H,13,14). The van der Waals surface area contributed by atoms with Gasteiger partial charge in [-0.25, -0.2) is 4.98 Å². The Labute approximate surface area is 85.7 Å². The van der Waals surface area contributed by atoms with Gasteiger partial charge in [-0.1, -0.05) is 13.0 Å². The van der Waals surface area contributed by atoms with Crippen molar-refractivity contribution >= 4 is 5.82 Å². The third kappa shape index (κ3) is 2.06. The van der Waals surface area contributed by atoms with E-state index in [4.69, 9.17) is 0 Å². The Morgan fingerprint density at radius 1 is 1.43 bits per heavy atom. The molecule has 2 rings (SSSR count). The first-order valence-electron chi connectivity index (χ1n) is 5.41. The van der Waals surface area contributed by atoms with E-state index < -0.39 is 0 Å². The van der Waals surface area contributed by atoms with Gasteiger partial charge in [0.2, 0.25) is 0 Å². The number of hydrogen-bond donors (Lipinski definition) is 1. The van der Waals surface area contributed by atoms with E-state index in [1.165, 1.54) is 24.8 Å². The first-order chi connectivity index (χ1) is 6.74. The average molecular weight is 190 g/mol. The molecule has 1 aromatic rings. The summed E-state index contributed by atoms with van der Waals surface area (Å²) in [6.07, 6.45) is 5.95. The lowest BCUT2D eigenvalue weighted by Gasteiger charge is -2.13. The maximum absolute atomic E-state index is 4.33. The monoisotopic (exact) mass is 190 g/mol. The average Bonchev–Trinajstić information content (AvgIpc) is 2.98. The molecular weight excluding hydrogens is 172 g/mol. The summed E-state index contributed by atoms with van der Waals surface area (Å²) in [7, 11) is 0. The van der Waals surface area contributed by atoms with Crippen LogP contribution in [0.15, 0.2) is 18.3 Å². The molecule has 0 saturated heterocycles. The van der Waals surface area contributed by atoms with Gasteiger partial charge in [-0.2, -0.15) is 0 Å². The molecule has 1 aliphatic rings. The topological polar surface area (TPSA) is 24.9 Å². The van der Waals surface area contributed by atoms with Crippen LogP contribution in [0.3, 0.4) is 0 Å². The zero-order valence-corrected chi connectivity index (χ0v) is 9.01. The Morgan fingerprint density at radius 2 is 2.21 bits per heavy atom. The molecule has 1 fully saturated rings. The van der Waals surface area contributed by atoms with Crippen LogP contribution < -0.4 is 5.32 Å². The summed E-state index contributed by atoms with van der Waals surface area (Å²) in [4.78, 5) is 4.33. The molecule has 1 heterocycles. The Hall–Kier alpha value is -1.05. The fourth-order valence-electron chi connectivity index (χ4n) is 1.68. The molecule has 76 valence electrons. The molecule has 2 heteroatoms. The second-order valence-electron chi connectivity index (χ2n) is 4.43. The summed E-state index contributed by atoms with van der Waals surface area (Å²) in [5.41, 5.74) is 1.80. The number of rotatable bonds is 4. The van der Waals surface area contributed by atoms with Crippen molar-refractivity contribution in [2.45, 2.75) is 33.1 Å². The van der Waals surface area contributed by atoms with Crippen LogP contribution in [0.25, 0.3) is 0 Å². The Kier molecular flexibility index (Phi) is 2.44. The Morgan fingerprint density at radius 3 is 2.71 bits per heavy atom. The third-order valence-corrected chi connectivity index (χ3v) is 3.26. The summed E-state index contributed by atoms with van der Waals surface area (Å²) < 4.78 is 0.